The van der Waals surface area contributed by atoms with Gasteiger partial charge in [-0.1, -0.05) is 0 Å². The summed E-state index contributed by atoms with van der Waals surface area (Å²) in [6.45, 7) is 4.77. The fourth-order valence-corrected chi connectivity index (χ4v) is 1.53. The third-order valence-electron chi connectivity index (χ3n) is 1.28. The lowest BCUT2D eigenvalue weighted by atomic mass is 10.5. The summed E-state index contributed by atoms with van der Waals surface area (Å²) in [5.41, 5.74) is -0.198. The van der Waals surface area contributed by atoms with Crippen molar-refractivity contribution in [2.75, 3.05) is 6.16 Å². The topological polar surface area (TPSA) is 57.5 Å². The molecule has 0 aromatic heterocycles. The molecule has 0 bridgehead atoms. The SMILES string of the molecule is CC(=O)C[P+](O)(O)C(C)C. The Morgan fingerprint density at radius 3 is 2.00 bits per heavy atom. The number of rotatable bonds is 3. The molecule has 0 aliphatic rings. The molecule has 0 amide bonds. The normalized spacial score (nSPS) is 12.2. The van der Waals surface area contributed by atoms with E-state index in [9.17, 15) is 14.6 Å². The Hall–Kier alpha value is 0.0200. The molecule has 0 aromatic rings. The van der Waals surface area contributed by atoms with Crippen LogP contribution in [0.15, 0.2) is 0 Å². The molecule has 0 spiro atoms. The predicted octanol–water partition coefficient (Wildman–Crippen LogP) is 0.816. The van der Waals surface area contributed by atoms with Gasteiger partial charge in [-0.05, 0) is 20.8 Å². The summed E-state index contributed by atoms with van der Waals surface area (Å²) in [7, 11) is -2.92. The highest BCUT2D eigenvalue weighted by atomic mass is 31.2. The molecule has 60 valence electrons. The number of hydrogen-bond acceptors (Lipinski definition) is 3. The first-order valence-corrected chi connectivity index (χ1v) is 5.14. The van der Waals surface area contributed by atoms with Gasteiger partial charge in [0.25, 0.3) is 7.72 Å². The number of ketones is 1. The van der Waals surface area contributed by atoms with Crippen LogP contribution < -0.4 is 0 Å². The average molecular weight is 165 g/mol. The first-order valence-electron chi connectivity index (χ1n) is 3.19. The van der Waals surface area contributed by atoms with Gasteiger partial charge < -0.3 is 0 Å². The van der Waals surface area contributed by atoms with Crippen molar-refractivity contribution >= 4 is 13.5 Å². The second kappa shape index (κ2) is 3.42. The molecule has 3 nitrogen and oxygen atoms in total. The molecule has 0 atom stereocenters. The highest BCUT2D eigenvalue weighted by molar-refractivity contribution is 7.66. The zero-order chi connectivity index (χ0) is 8.36. The molecule has 0 rings (SSSR count). The third kappa shape index (κ3) is 3.25. The Morgan fingerprint density at radius 1 is 1.50 bits per heavy atom. The number of Topliss-reactive ketones (excluding diaryl/α,β-unsaturated/α-hetero) is 1. The molecule has 4 heteroatoms. The molecule has 2 N–H and O–H groups in total. The summed E-state index contributed by atoms with van der Waals surface area (Å²) in [5, 5.41) is 0. The molecular formula is C6H14O3P+. The minimum absolute atomic E-state index is 0.0787. The molecule has 0 fully saturated rings. The van der Waals surface area contributed by atoms with E-state index in [2.05, 4.69) is 0 Å². The molecule has 0 aliphatic heterocycles. The van der Waals surface area contributed by atoms with E-state index in [1.54, 1.807) is 13.8 Å². The molecule has 10 heavy (non-hydrogen) atoms. The van der Waals surface area contributed by atoms with Crippen molar-refractivity contribution in [2.45, 2.75) is 26.4 Å². The lowest BCUT2D eigenvalue weighted by Gasteiger charge is -2.13. The maximum atomic E-state index is 10.5. The van der Waals surface area contributed by atoms with Crippen LogP contribution >= 0.6 is 7.72 Å². The lowest BCUT2D eigenvalue weighted by molar-refractivity contribution is -0.114. The minimum atomic E-state index is -2.92. The molecule has 0 saturated carbocycles. The molecule has 0 radical (unpaired) electrons. The summed E-state index contributed by atoms with van der Waals surface area (Å²) in [4.78, 5) is 28.9. The van der Waals surface area contributed by atoms with E-state index in [0.29, 0.717) is 0 Å². The Bertz CT molecular complexity index is 131. The van der Waals surface area contributed by atoms with Gasteiger partial charge in [0, 0.05) is 0 Å². The summed E-state index contributed by atoms with van der Waals surface area (Å²) >= 11 is 0. The molecule has 0 unspecified atom stereocenters. The summed E-state index contributed by atoms with van der Waals surface area (Å²) in [5.74, 6) is -0.160. The van der Waals surface area contributed by atoms with E-state index in [-0.39, 0.29) is 17.6 Å². The van der Waals surface area contributed by atoms with Crippen molar-refractivity contribution in [1.82, 2.24) is 0 Å². The first-order chi connectivity index (χ1) is 4.36. The fraction of sp³-hybridized carbons (Fsp3) is 0.833. The molecule has 0 heterocycles. The maximum Gasteiger partial charge on any atom is 0.277 e. The van der Waals surface area contributed by atoms with Crippen molar-refractivity contribution in [1.29, 1.82) is 0 Å². The highest BCUT2D eigenvalue weighted by Gasteiger charge is 2.38. The van der Waals surface area contributed by atoms with Gasteiger partial charge in [0.2, 0.25) is 0 Å². The lowest BCUT2D eigenvalue weighted by Crippen LogP contribution is -2.13. The summed E-state index contributed by atoms with van der Waals surface area (Å²) in [6.07, 6.45) is -0.0787. The largest absolute Gasteiger partial charge is 0.296 e. The second-order valence-electron chi connectivity index (χ2n) is 2.74. The van der Waals surface area contributed by atoms with E-state index >= 15 is 0 Å². The summed E-state index contributed by atoms with van der Waals surface area (Å²) < 4.78 is 0. The number of carbonyl (C=O) groups is 1. The van der Waals surface area contributed by atoms with E-state index in [1.807, 2.05) is 0 Å². The van der Waals surface area contributed by atoms with E-state index in [4.69, 9.17) is 0 Å². The zero-order valence-electron chi connectivity index (χ0n) is 6.53. The van der Waals surface area contributed by atoms with E-state index in [1.165, 1.54) is 6.92 Å². The van der Waals surface area contributed by atoms with Gasteiger partial charge in [-0.2, -0.15) is 0 Å². The Labute approximate surface area is 61.6 Å². The van der Waals surface area contributed by atoms with Gasteiger partial charge in [0.15, 0.2) is 11.9 Å². The van der Waals surface area contributed by atoms with Crippen molar-refractivity contribution in [3.8, 4) is 0 Å². The van der Waals surface area contributed by atoms with Gasteiger partial charge in [0.05, 0.1) is 0 Å². The van der Waals surface area contributed by atoms with Gasteiger partial charge in [-0.3, -0.25) is 4.79 Å². The first kappa shape index (κ1) is 10.0. The van der Waals surface area contributed by atoms with Crippen molar-refractivity contribution in [3.63, 3.8) is 0 Å². The van der Waals surface area contributed by atoms with Crippen LogP contribution in [0.2, 0.25) is 0 Å². The molecule has 0 aromatic carbocycles. The smallest absolute Gasteiger partial charge is 0.277 e. The standard InChI is InChI=1S/C6H14O3P/c1-5(2)10(8,9)4-6(3)7/h5,8-9H,4H2,1-3H3/q+1. The third-order valence-corrected chi connectivity index (χ3v) is 3.85. The second-order valence-corrected chi connectivity index (χ2v) is 5.66. The van der Waals surface area contributed by atoms with E-state index in [0.717, 1.165) is 0 Å². The van der Waals surface area contributed by atoms with Crippen LogP contribution in [0, 0.1) is 0 Å². The zero-order valence-corrected chi connectivity index (χ0v) is 7.43. The quantitative estimate of drug-likeness (QED) is 0.608. The van der Waals surface area contributed by atoms with Gasteiger partial charge >= 0.3 is 0 Å². The number of hydrogen-bond donors (Lipinski definition) is 2. The van der Waals surface area contributed by atoms with Crippen LogP contribution in [0.5, 0.6) is 0 Å². The van der Waals surface area contributed by atoms with Crippen LogP contribution in [-0.4, -0.2) is 27.4 Å². The van der Waals surface area contributed by atoms with Crippen LogP contribution in [0.3, 0.4) is 0 Å². The van der Waals surface area contributed by atoms with Crippen LogP contribution in [0.1, 0.15) is 20.8 Å². The Kier molecular flexibility index (Phi) is 3.43. The number of carbonyl (C=O) groups excluding carboxylic acids is 1. The van der Waals surface area contributed by atoms with Crippen LogP contribution in [0.25, 0.3) is 0 Å². The minimum Gasteiger partial charge on any atom is -0.296 e. The van der Waals surface area contributed by atoms with Crippen molar-refractivity contribution in [2.24, 2.45) is 0 Å². The molecule has 0 saturated heterocycles. The molecular weight excluding hydrogens is 151 g/mol. The summed E-state index contributed by atoms with van der Waals surface area (Å²) in [6, 6.07) is 0. The van der Waals surface area contributed by atoms with Gasteiger partial charge in [0.1, 0.15) is 5.66 Å². The average Bonchev–Trinajstić information content (AvgIpc) is 1.60. The van der Waals surface area contributed by atoms with Gasteiger partial charge in [-0.15, -0.1) is 0 Å². The van der Waals surface area contributed by atoms with Crippen molar-refractivity contribution in [3.05, 3.63) is 0 Å². The van der Waals surface area contributed by atoms with Crippen LogP contribution in [-0.2, 0) is 4.79 Å². The molecule has 0 aliphatic carbocycles. The Balaban J connectivity index is 3.99. The fourth-order valence-electron chi connectivity index (χ4n) is 0.510. The van der Waals surface area contributed by atoms with Crippen LogP contribution in [0.4, 0.5) is 0 Å². The Morgan fingerprint density at radius 2 is 1.90 bits per heavy atom. The predicted molar refractivity (Wildman–Crippen MR) is 42.0 cm³/mol. The van der Waals surface area contributed by atoms with E-state index < -0.39 is 7.72 Å². The highest BCUT2D eigenvalue weighted by Crippen LogP contribution is 2.54. The monoisotopic (exact) mass is 165 g/mol. The van der Waals surface area contributed by atoms with Gasteiger partial charge in [-0.25, -0.2) is 9.79 Å². The maximum absolute atomic E-state index is 10.5. The van der Waals surface area contributed by atoms with Crippen molar-refractivity contribution < 1.29 is 14.6 Å².